The van der Waals surface area contributed by atoms with E-state index in [1.54, 1.807) is 6.20 Å². The molecule has 0 aliphatic rings. The van der Waals surface area contributed by atoms with E-state index in [1.165, 1.54) is 11.5 Å². The van der Waals surface area contributed by atoms with Crippen molar-refractivity contribution in [3.63, 3.8) is 0 Å². The van der Waals surface area contributed by atoms with E-state index < -0.39 is 0 Å². The van der Waals surface area contributed by atoms with Crippen LogP contribution in [0.1, 0.15) is 0 Å². The molecule has 0 fully saturated rings. The summed E-state index contributed by atoms with van der Waals surface area (Å²) in [5.41, 5.74) is 0.807. The second-order valence-electron chi connectivity index (χ2n) is 2.08. The lowest BCUT2D eigenvalue weighted by Gasteiger charge is -1.89. The molecule has 2 rings (SSSR count). The first-order valence-corrected chi connectivity index (χ1v) is 4.42. The maximum Gasteiger partial charge on any atom is 0.234 e. The van der Waals surface area contributed by atoms with Crippen molar-refractivity contribution in [3.05, 3.63) is 29.7 Å². The van der Waals surface area contributed by atoms with Gasteiger partial charge in [-0.1, -0.05) is 6.07 Å². The second-order valence-corrected chi connectivity index (χ2v) is 3.17. The first-order chi connectivity index (χ1) is 5.86. The van der Waals surface area contributed by atoms with Crippen molar-refractivity contribution in [1.29, 1.82) is 0 Å². The third kappa shape index (κ3) is 1.44. The largest absolute Gasteiger partial charge is 0.254 e. The highest BCUT2D eigenvalue weighted by Gasteiger charge is 2.03. The van der Waals surface area contributed by atoms with E-state index in [2.05, 4.69) is 14.3 Å². The summed E-state index contributed by atoms with van der Waals surface area (Å²) in [6.07, 6.45) is 1.71. The van der Waals surface area contributed by atoms with Gasteiger partial charge in [-0.3, -0.25) is 4.98 Å². The number of rotatable bonds is 1. The van der Waals surface area contributed by atoms with E-state index in [1.807, 2.05) is 18.2 Å². The molecule has 0 aliphatic carbocycles. The van der Waals surface area contributed by atoms with Gasteiger partial charge in [-0.05, 0) is 35.3 Å². The van der Waals surface area contributed by atoms with E-state index in [4.69, 9.17) is 11.6 Å². The summed E-state index contributed by atoms with van der Waals surface area (Å²) in [7, 11) is 0. The van der Waals surface area contributed by atoms with Crippen molar-refractivity contribution in [1.82, 2.24) is 14.3 Å². The van der Waals surface area contributed by atoms with Crippen LogP contribution in [0.15, 0.2) is 24.4 Å². The van der Waals surface area contributed by atoms with Crippen LogP contribution in [-0.4, -0.2) is 14.3 Å². The molecule has 0 unspecified atom stereocenters. The summed E-state index contributed by atoms with van der Waals surface area (Å²) in [4.78, 5) is 8.10. The summed E-state index contributed by atoms with van der Waals surface area (Å²) in [5, 5.41) is 1.03. The van der Waals surface area contributed by atoms with Crippen LogP contribution in [0.5, 0.6) is 0 Å². The van der Waals surface area contributed by atoms with Crippen molar-refractivity contribution in [2.24, 2.45) is 0 Å². The number of hydrogen-bond donors (Lipinski definition) is 0. The lowest BCUT2D eigenvalue weighted by molar-refractivity contribution is 1.27. The van der Waals surface area contributed by atoms with Crippen LogP contribution in [0.3, 0.4) is 0 Å². The SMILES string of the molecule is Clc1nsc(-c2ccccn2)n1. The first-order valence-electron chi connectivity index (χ1n) is 3.27. The van der Waals surface area contributed by atoms with Crippen LogP contribution < -0.4 is 0 Å². The molecule has 12 heavy (non-hydrogen) atoms. The lowest BCUT2D eigenvalue weighted by atomic mass is 10.4. The predicted octanol–water partition coefficient (Wildman–Crippen LogP) is 2.25. The molecule has 0 saturated heterocycles. The van der Waals surface area contributed by atoms with Crippen LogP contribution >= 0.6 is 23.1 Å². The minimum atomic E-state index is 0.278. The molecule has 0 N–H and O–H groups in total. The van der Waals surface area contributed by atoms with Crippen molar-refractivity contribution in [2.75, 3.05) is 0 Å². The molecule has 0 amide bonds. The lowest BCUT2D eigenvalue weighted by Crippen LogP contribution is -1.78. The Hall–Kier alpha value is -1.00. The Labute approximate surface area is 78.2 Å². The molecule has 5 heteroatoms. The van der Waals surface area contributed by atoms with Gasteiger partial charge in [0.15, 0.2) is 5.01 Å². The number of aromatic nitrogens is 3. The Morgan fingerprint density at radius 3 is 2.83 bits per heavy atom. The van der Waals surface area contributed by atoms with Crippen LogP contribution in [0, 0.1) is 0 Å². The Morgan fingerprint density at radius 2 is 2.25 bits per heavy atom. The predicted molar refractivity (Wildman–Crippen MR) is 48.2 cm³/mol. The molecule has 3 nitrogen and oxygen atoms in total. The smallest absolute Gasteiger partial charge is 0.234 e. The Kier molecular flexibility index (Phi) is 2.01. The quantitative estimate of drug-likeness (QED) is 0.704. The van der Waals surface area contributed by atoms with Crippen molar-refractivity contribution in [2.45, 2.75) is 0 Å². The third-order valence-electron chi connectivity index (χ3n) is 1.29. The molecular formula is C7H4ClN3S. The maximum absolute atomic E-state index is 5.57. The van der Waals surface area contributed by atoms with Gasteiger partial charge in [0.25, 0.3) is 0 Å². The Balaban J connectivity index is 2.45. The number of halogens is 1. The van der Waals surface area contributed by atoms with Crippen LogP contribution in [0.2, 0.25) is 5.28 Å². The zero-order valence-corrected chi connectivity index (χ0v) is 7.51. The number of pyridine rings is 1. The van der Waals surface area contributed by atoms with E-state index >= 15 is 0 Å². The number of hydrogen-bond acceptors (Lipinski definition) is 4. The molecule has 0 spiro atoms. The van der Waals surface area contributed by atoms with E-state index in [9.17, 15) is 0 Å². The molecule has 0 saturated carbocycles. The summed E-state index contributed by atoms with van der Waals surface area (Å²) in [6.45, 7) is 0. The fourth-order valence-electron chi connectivity index (χ4n) is 0.799. The van der Waals surface area contributed by atoms with Gasteiger partial charge in [0.2, 0.25) is 5.28 Å². The average Bonchev–Trinajstić information content (AvgIpc) is 2.54. The van der Waals surface area contributed by atoms with Gasteiger partial charge in [-0.2, -0.15) is 4.37 Å². The molecule has 0 aliphatic heterocycles. The topological polar surface area (TPSA) is 38.7 Å². The van der Waals surface area contributed by atoms with Gasteiger partial charge in [0, 0.05) is 6.20 Å². The summed E-state index contributed by atoms with van der Waals surface area (Å²) in [5.74, 6) is 0. The highest BCUT2D eigenvalue weighted by molar-refractivity contribution is 7.09. The van der Waals surface area contributed by atoms with Gasteiger partial charge < -0.3 is 0 Å². The van der Waals surface area contributed by atoms with Gasteiger partial charge in [-0.15, -0.1) is 0 Å². The van der Waals surface area contributed by atoms with Gasteiger partial charge >= 0.3 is 0 Å². The van der Waals surface area contributed by atoms with E-state index in [0.29, 0.717) is 0 Å². The second kappa shape index (κ2) is 3.16. The zero-order chi connectivity index (χ0) is 8.39. The third-order valence-corrected chi connectivity index (χ3v) is 2.29. The van der Waals surface area contributed by atoms with Crippen molar-refractivity contribution >= 4 is 23.1 Å². The normalized spacial score (nSPS) is 10.1. The van der Waals surface area contributed by atoms with Gasteiger partial charge in [0.1, 0.15) is 5.69 Å². The molecule has 0 bridgehead atoms. The Bertz CT molecular complexity index is 373. The maximum atomic E-state index is 5.57. The monoisotopic (exact) mass is 197 g/mol. The fourth-order valence-corrected chi connectivity index (χ4v) is 1.58. The highest BCUT2D eigenvalue weighted by Crippen LogP contribution is 2.19. The number of nitrogens with zero attached hydrogens (tertiary/aromatic N) is 3. The van der Waals surface area contributed by atoms with Gasteiger partial charge in [-0.25, -0.2) is 4.98 Å². The highest BCUT2D eigenvalue weighted by atomic mass is 35.5. The first kappa shape index (κ1) is 7.64. The van der Waals surface area contributed by atoms with E-state index in [-0.39, 0.29) is 5.28 Å². The van der Waals surface area contributed by atoms with Crippen molar-refractivity contribution in [3.8, 4) is 10.7 Å². The van der Waals surface area contributed by atoms with E-state index in [0.717, 1.165) is 10.7 Å². The fraction of sp³-hybridized carbons (Fsp3) is 0. The average molecular weight is 198 g/mol. The minimum absolute atomic E-state index is 0.278. The van der Waals surface area contributed by atoms with Crippen molar-refractivity contribution < 1.29 is 0 Å². The Morgan fingerprint density at radius 1 is 1.33 bits per heavy atom. The minimum Gasteiger partial charge on any atom is -0.254 e. The molecule has 2 heterocycles. The standard InChI is InChI=1S/C7H4ClN3S/c8-7-10-6(12-11-7)5-3-1-2-4-9-5/h1-4H. The molecular weight excluding hydrogens is 194 g/mol. The summed E-state index contributed by atoms with van der Waals surface area (Å²) in [6, 6.07) is 5.63. The molecule has 60 valence electrons. The van der Waals surface area contributed by atoms with Crippen LogP contribution in [-0.2, 0) is 0 Å². The molecule has 0 aromatic carbocycles. The molecule has 0 radical (unpaired) electrons. The molecule has 2 aromatic heterocycles. The van der Waals surface area contributed by atoms with Crippen LogP contribution in [0.4, 0.5) is 0 Å². The summed E-state index contributed by atoms with van der Waals surface area (Å²) >= 11 is 6.82. The van der Waals surface area contributed by atoms with Gasteiger partial charge in [0.05, 0.1) is 0 Å². The molecule has 2 aromatic rings. The van der Waals surface area contributed by atoms with Crippen LogP contribution in [0.25, 0.3) is 10.7 Å². The summed E-state index contributed by atoms with van der Waals surface area (Å²) < 4.78 is 3.85. The zero-order valence-electron chi connectivity index (χ0n) is 5.94. The molecule has 0 atom stereocenters.